The Labute approximate surface area is 101 Å². The molecule has 0 bridgehead atoms. The third-order valence-corrected chi connectivity index (χ3v) is 2.77. The summed E-state index contributed by atoms with van der Waals surface area (Å²) in [5.41, 5.74) is -0.368. The Morgan fingerprint density at radius 2 is 1.67 bits per heavy atom. The number of carbonyl (C=O) groups is 2. The minimum atomic E-state index is -4.39. The third-order valence-electron chi connectivity index (χ3n) is 2.77. The number of halogens is 3. The Morgan fingerprint density at radius 1 is 1.06 bits per heavy atom. The van der Waals surface area contributed by atoms with Gasteiger partial charge in [0.1, 0.15) is 5.78 Å². The first-order valence-electron chi connectivity index (χ1n) is 5.37. The van der Waals surface area contributed by atoms with Crippen LogP contribution in [0.15, 0.2) is 24.3 Å². The lowest BCUT2D eigenvalue weighted by Gasteiger charge is -2.26. The minimum absolute atomic E-state index is 0.136. The molecule has 6 heteroatoms. The molecule has 0 aromatic heterocycles. The first-order chi connectivity index (χ1) is 8.38. The average Bonchev–Trinajstić information content (AvgIpc) is 2.28. The lowest BCUT2D eigenvalue weighted by molar-refractivity contribution is -0.137. The van der Waals surface area contributed by atoms with Crippen LogP contribution in [0.25, 0.3) is 0 Å². The van der Waals surface area contributed by atoms with E-state index < -0.39 is 11.7 Å². The molecule has 2 rings (SSSR count). The zero-order valence-electron chi connectivity index (χ0n) is 9.33. The van der Waals surface area contributed by atoms with Gasteiger partial charge in [0, 0.05) is 18.7 Å². The van der Waals surface area contributed by atoms with Crippen LogP contribution < -0.4 is 4.90 Å². The maximum atomic E-state index is 12.4. The highest BCUT2D eigenvalue weighted by Crippen LogP contribution is 2.31. The summed E-state index contributed by atoms with van der Waals surface area (Å²) in [6.07, 6.45) is -4.33. The summed E-state index contributed by atoms with van der Waals surface area (Å²) in [6, 6.07) is 4.35. The summed E-state index contributed by atoms with van der Waals surface area (Å²) in [4.78, 5) is 23.9. The van der Waals surface area contributed by atoms with Crippen molar-refractivity contribution in [2.45, 2.75) is 19.0 Å². The van der Waals surface area contributed by atoms with Crippen molar-refractivity contribution in [3.8, 4) is 0 Å². The number of piperidine rings is 1. The highest BCUT2D eigenvalue weighted by molar-refractivity contribution is 6.08. The predicted octanol–water partition coefficient (Wildman–Crippen LogP) is 2.40. The summed E-state index contributed by atoms with van der Waals surface area (Å²) < 4.78 is 37.1. The molecule has 18 heavy (non-hydrogen) atoms. The number of anilines is 1. The number of hydrogen-bond donors (Lipinski definition) is 0. The number of ketones is 1. The van der Waals surface area contributed by atoms with Crippen molar-refractivity contribution >= 4 is 17.4 Å². The Hall–Kier alpha value is -1.85. The molecule has 1 heterocycles. The molecular formula is C12H10F3NO2. The zero-order valence-corrected chi connectivity index (χ0v) is 9.33. The number of amides is 1. The van der Waals surface area contributed by atoms with E-state index in [9.17, 15) is 22.8 Å². The van der Waals surface area contributed by atoms with Crippen molar-refractivity contribution in [1.82, 2.24) is 0 Å². The number of alkyl halides is 3. The minimum Gasteiger partial charge on any atom is -0.312 e. The van der Waals surface area contributed by atoms with Crippen molar-refractivity contribution in [3.63, 3.8) is 0 Å². The summed E-state index contributed by atoms with van der Waals surface area (Å²) >= 11 is 0. The third kappa shape index (κ3) is 2.52. The Morgan fingerprint density at radius 3 is 2.17 bits per heavy atom. The molecule has 0 N–H and O–H groups in total. The largest absolute Gasteiger partial charge is 0.416 e. The van der Waals surface area contributed by atoms with Gasteiger partial charge in [0.15, 0.2) is 0 Å². The van der Waals surface area contributed by atoms with Crippen LogP contribution in [-0.2, 0) is 15.8 Å². The fourth-order valence-corrected chi connectivity index (χ4v) is 1.82. The predicted molar refractivity (Wildman–Crippen MR) is 58.0 cm³/mol. The van der Waals surface area contributed by atoms with Crippen molar-refractivity contribution in [2.24, 2.45) is 0 Å². The molecule has 96 valence electrons. The van der Waals surface area contributed by atoms with E-state index in [1.807, 2.05) is 0 Å². The molecule has 1 amide bonds. The van der Waals surface area contributed by atoms with E-state index in [4.69, 9.17) is 0 Å². The molecular weight excluding hydrogens is 247 g/mol. The molecule has 1 aliphatic heterocycles. The number of carbonyl (C=O) groups excluding carboxylic acids is 2. The second kappa shape index (κ2) is 4.44. The number of benzene rings is 1. The van der Waals surface area contributed by atoms with Gasteiger partial charge < -0.3 is 4.90 Å². The maximum Gasteiger partial charge on any atom is 0.416 e. The van der Waals surface area contributed by atoms with Gasteiger partial charge in [-0.2, -0.15) is 13.2 Å². The molecule has 1 aliphatic rings. The van der Waals surface area contributed by atoms with Crippen LogP contribution in [0.4, 0.5) is 18.9 Å². The van der Waals surface area contributed by atoms with Crippen molar-refractivity contribution < 1.29 is 22.8 Å². The summed E-state index contributed by atoms with van der Waals surface area (Å²) in [6.45, 7) is 0.225. The zero-order chi connectivity index (χ0) is 13.3. The maximum absolute atomic E-state index is 12.4. The number of nitrogens with zero attached hydrogens (tertiary/aromatic N) is 1. The summed E-state index contributed by atoms with van der Waals surface area (Å²) in [7, 11) is 0. The van der Waals surface area contributed by atoms with Gasteiger partial charge in [0.05, 0.1) is 12.0 Å². The molecule has 1 aromatic rings. The van der Waals surface area contributed by atoms with Crippen LogP contribution >= 0.6 is 0 Å². The van der Waals surface area contributed by atoms with E-state index >= 15 is 0 Å². The van der Waals surface area contributed by atoms with E-state index in [1.165, 1.54) is 17.0 Å². The second-order valence-electron chi connectivity index (χ2n) is 4.06. The standard InChI is InChI=1S/C12H10F3NO2/c13-12(14,15)8-1-3-9(4-2-8)16-6-5-10(17)7-11(16)18/h1-4H,5-7H2. The van der Waals surface area contributed by atoms with Crippen LogP contribution in [-0.4, -0.2) is 18.2 Å². The van der Waals surface area contributed by atoms with E-state index in [0.29, 0.717) is 5.69 Å². The topological polar surface area (TPSA) is 37.4 Å². The summed E-state index contributed by atoms with van der Waals surface area (Å²) in [5.74, 6) is -0.505. The van der Waals surface area contributed by atoms with Crippen LogP contribution in [0.2, 0.25) is 0 Å². The van der Waals surface area contributed by atoms with Gasteiger partial charge >= 0.3 is 6.18 Å². The van der Waals surface area contributed by atoms with Gasteiger partial charge in [-0.15, -0.1) is 0 Å². The molecule has 0 radical (unpaired) electrons. The van der Waals surface area contributed by atoms with Crippen LogP contribution in [0.5, 0.6) is 0 Å². The molecule has 1 saturated heterocycles. The first-order valence-corrected chi connectivity index (χ1v) is 5.37. The molecule has 3 nitrogen and oxygen atoms in total. The van der Waals surface area contributed by atoms with Crippen LogP contribution in [0.1, 0.15) is 18.4 Å². The van der Waals surface area contributed by atoms with E-state index in [1.54, 1.807) is 0 Å². The normalized spacial score (nSPS) is 17.2. The average molecular weight is 257 g/mol. The summed E-state index contributed by atoms with van der Waals surface area (Å²) in [5, 5.41) is 0. The Balaban J connectivity index is 2.20. The molecule has 0 unspecified atom stereocenters. The highest BCUT2D eigenvalue weighted by Gasteiger charge is 2.31. The molecule has 0 aliphatic carbocycles. The fourth-order valence-electron chi connectivity index (χ4n) is 1.82. The quantitative estimate of drug-likeness (QED) is 0.724. The molecule has 1 aromatic carbocycles. The highest BCUT2D eigenvalue weighted by atomic mass is 19.4. The van der Waals surface area contributed by atoms with Crippen molar-refractivity contribution in [1.29, 1.82) is 0 Å². The van der Waals surface area contributed by atoms with Crippen LogP contribution in [0.3, 0.4) is 0 Å². The number of Topliss-reactive ketones (excluding diaryl/α,β-unsaturated/α-hetero) is 1. The van der Waals surface area contributed by atoms with Gasteiger partial charge in [-0.1, -0.05) is 0 Å². The molecule has 0 saturated carbocycles. The number of rotatable bonds is 1. The Bertz CT molecular complexity index is 479. The molecule has 0 spiro atoms. The van der Waals surface area contributed by atoms with Gasteiger partial charge in [-0.05, 0) is 24.3 Å². The van der Waals surface area contributed by atoms with Gasteiger partial charge in [0.2, 0.25) is 5.91 Å². The van der Waals surface area contributed by atoms with E-state index in [0.717, 1.165) is 12.1 Å². The second-order valence-corrected chi connectivity index (χ2v) is 4.06. The number of hydrogen-bond acceptors (Lipinski definition) is 2. The molecule has 1 fully saturated rings. The van der Waals surface area contributed by atoms with E-state index in [2.05, 4.69) is 0 Å². The lowest BCUT2D eigenvalue weighted by Crippen LogP contribution is -2.39. The molecule has 0 atom stereocenters. The van der Waals surface area contributed by atoms with Gasteiger partial charge in [-0.3, -0.25) is 9.59 Å². The van der Waals surface area contributed by atoms with Crippen LogP contribution in [0, 0.1) is 0 Å². The van der Waals surface area contributed by atoms with Gasteiger partial charge in [0.25, 0.3) is 0 Å². The lowest BCUT2D eigenvalue weighted by atomic mass is 10.1. The van der Waals surface area contributed by atoms with Gasteiger partial charge in [-0.25, -0.2) is 0 Å². The first kappa shape index (κ1) is 12.6. The SMILES string of the molecule is O=C1CCN(c2ccc(C(F)(F)F)cc2)C(=O)C1. The van der Waals surface area contributed by atoms with Crippen molar-refractivity contribution in [2.75, 3.05) is 11.4 Å². The smallest absolute Gasteiger partial charge is 0.312 e. The van der Waals surface area contributed by atoms with Crippen molar-refractivity contribution in [3.05, 3.63) is 29.8 Å². The fraction of sp³-hybridized carbons (Fsp3) is 0.333. The Kier molecular flexibility index (Phi) is 3.11. The van der Waals surface area contributed by atoms with E-state index in [-0.39, 0.29) is 31.1 Å². The monoisotopic (exact) mass is 257 g/mol.